The van der Waals surface area contributed by atoms with Gasteiger partial charge in [-0.1, -0.05) is 0 Å². The van der Waals surface area contributed by atoms with Crippen LogP contribution in [0.5, 0.6) is 5.75 Å². The van der Waals surface area contributed by atoms with Crippen molar-refractivity contribution < 1.29 is 27.1 Å². The quantitative estimate of drug-likeness (QED) is 0.375. The summed E-state index contributed by atoms with van der Waals surface area (Å²) in [6, 6.07) is 0. The molecule has 1 aromatic rings. The van der Waals surface area contributed by atoms with Crippen molar-refractivity contribution in [2.24, 2.45) is 22.4 Å². The Hall–Kier alpha value is -2.39. The van der Waals surface area contributed by atoms with Crippen molar-refractivity contribution in [3.8, 4) is 5.75 Å². The van der Waals surface area contributed by atoms with Crippen molar-refractivity contribution in [2.45, 2.75) is 69.8 Å². The van der Waals surface area contributed by atoms with Gasteiger partial charge in [0.15, 0.2) is 6.61 Å². The molecule has 0 aliphatic heterocycles. The molecule has 2 aliphatic rings. The summed E-state index contributed by atoms with van der Waals surface area (Å²) in [5.41, 5.74) is 9.18. The van der Waals surface area contributed by atoms with Gasteiger partial charge in [0, 0.05) is 17.3 Å². The van der Waals surface area contributed by atoms with Gasteiger partial charge in [-0.3, -0.25) is 14.8 Å². The average Bonchev–Trinajstić information content (AvgIpc) is 3.42. The molecule has 0 spiro atoms. The number of pyridine rings is 1. The molecule has 1 heterocycles. The zero-order valence-electron chi connectivity index (χ0n) is 17.0. The van der Waals surface area contributed by atoms with Gasteiger partial charge in [0.1, 0.15) is 22.9 Å². The zero-order chi connectivity index (χ0) is 22.3. The van der Waals surface area contributed by atoms with Gasteiger partial charge in [-0.2, -0.15) is 13.2 Å². The van der Waals surface area contributed by atoms with E-state index in [0.717, 1.165) is 12.8 Å². The van der Waals surface area contributed by atoms with Gasteiger partial charge in [0.05, 0.1) is 12.0 Å². The molecule has 4 N–H and O–H groups in total. The van der Waals surface area contributed by atoms with Gasteiger partial charge in [-0.05, 0) is 51.9 Å². The first-order chi connectivity index (χ1) is 13.8. The Morgan fingerprint density at radius 3 is 2.43 bits per heavy atom. The number of amidine groups is 1. The molecule has 30 heavy (non-hydrogen) atoms. The summed E-state index contributed by atoms with van der Waals surface area (Å²) in [7, 11) is 0. The van der Waals surface area contributed by atoms with Crippen LogP contribution in [0.4, 0.5) is 17.6 Å². The number of nitrogens with two attached hydrogens (primary N) is 2. The number of halogens is 4. The van der Waals surface area contributed by atoms with Crippen molar-refractivity contribution >= 4 is 11.7 Å². The maximum atomic E-state index is 15.0. The molecule has 166 valence electrons. The van der Waals surface area contributed by atoms with Gasteiger partial charge >= 0.3 is 6.18 Å². The summed E-state index contributed by atoms with van der Waals surface area (Å²) in [4.78, 5) is 20.2. The van der Waals surface area contributed by atoms with E-state index in [2.05, 4.69) is 9.98 Å². The molecule has 0 saturated heterocycles. The molecule has 2 saturated carbocycles. The van der Waals surface area contributed by atoms with Crippen LogP contribution < -0.4 is 16.2 Å². The Morgan fingerprint density at radius 1 is 1.33 bits per heavy atom. The number of carbonyl (C=O) groups excluding carboxylic acids is 1. The molecule has 3 rings (SSSR count). The van der Waals surface area contributed by atoms with Crippen molar-refractivity contribution in [1.29, 1.82) is 0 Å². The number of aromatic nitrogens is 1. The number of carbonyl (C=O) groups is 1. The SMILES string of the molecule is Cc1c(C(N)=NC(C)(CC(N)=O)C2CC2)ncc(C2(F)CCC2)c1OCC(F)(F)F. The predicted molar refractivity (Wildman–Crippen MR) is 103 cm³/mol. The topological polar surface area (TPSA) is 104 Å². The van der Waals surface area contributed by atoms with Crippen LogP contribution in [0.15, 0.2) is 11.2 Å². The molecule has 6 nitrogen and oxygen atoms in total. The molecule has 0 aromatic carbocycles. The van der Waals surface area contributed by atoms with E-state index >= 15 is 4.39 Å². The monoisotopic (exact) mass is 430 g/mol. The molecule has 1 amide bonds. The van der Waals surface area contributed by atoms with Crippen molar-refractivity contribution in [1.82, 2.24) is 4.98 Å². The molecule has 2 aliphatic carbocycles. The maximum Gasteiger partial charge on any atom is 0.422 e. The lowest BCUT2D eigenvalue weighted by Crippen LogP contribution is -2.35. The van der Waals surface area contributed by atoms with Gasteiger partial charge in [0.2, 0.25) is 5.91 Å². The predicted octanol–water partition coefficient (Wildman–Crippen LogP) is 3.43. The van der Waals surface area contributed by atoms with Crippen LogP contribution in [0.1, 0.15) is 62.3 Å². The number of ether oxygens (including phenoxy) is 1. The van der Waals surface area contributed by atoms with E-state index in [-0.39, 0.29) is 53.6 Å². The molecule has 1 atom stereocenters. The summed E-state index contributed by atoms with van der Waals surface area (Å²) >= 11 is 0. The van der Waals surface area contributed by atoms with Gasteiger partial charge in [-0.15, -0.1) is 0 Å². The highest BCUT2D eigenvalue weighted by molar-refractivity contribution is 5.98. The Morgan fingerprint density at radius 2 is 1.97 bits per heavy atom. The highest BCUT2D eigenvalue weighted by atomic mass is 19.4. The molecular weight excluding hydrogens is 404 g/mol. The van der Waals surface area contributed by atoms with Crippen molar-refractivity contribution in [3.05, 3.63) is 23.0 Å². The van der Waals surface area contributed by atoms with E-state index in [9.17, 15) is 18.0 Å². The van der Waals surface area contributed by atoms with E-state index in [1.165, 1.54) is 13.1 Å². The van der Waals surface area contributed by atoms with Gasteiger partial charge in [-0.25, -0.2) is 4.39 Å². The summed E-state index contributed by atoms with van der Waals surface area (Å²) in [6.07, 6.45) is -0.658. The molecule has 1 aromatic heterocycles. The Kier molecular flexibility index (Phi) is 5.72. The first-order valence-corrected chi connectivity index (χ1v) is 9.87. The van der Waals surface area contributed by atoms with Crippen LogP contribution in [0.3, 0.4) is 0 Å². The lowest BCUT2D eigenvalue weighted by Gasteiger charge is -2.35. The maximum absolute atomic E-state index is 15.0. The molecule has 0 radical (unpaired) electrons. The fraction of sp³-hybridized carbons (Fsp3) is 0.650. The average molecular weight is 430 g/mol. The van der Waals surface area contributed by atoms with Crippen LogP contribution in [-0.2, 0) is 10.5 Å². The van der Waals surface area contributed by atoms with E-state index in [1.54, 1.807) is 6.92 Å². The normalized spacial score (nSPS) is 20.9. The fourth-order valence-electron chi connectivity index (χ4n) is 3.93. The second-order valence-electron chi connectivity index (χ2n) is 8.47. The number of hydrogen-bond acceptors (Lipinski definition) is 4. The first-order valence-electron chi connectivity index (χ1n) is 9.87. The van der Waals surface area contributed by atoms with Gasteiger partial charge in [0.25, 0.3) is 0 Å². The third kappa shape index (κ3) is 4.67. The minimum Gasteiger partial charge on any atom is -0.483 e. The Labute approximate surface area is 172 Å². The fourth-order valence-corrected chi connectivity index (χ4v) is 3.93. The largest absolute Gasteiger partial charge is 0.483 e. The minimum atomic E-state index is -4.58. The lowest BCUT2D eigenvalue weighted by atomic mass is 9.76. The van der Waals surface area contributed by atoms with Crippen molar-refractivity contribution in [3.63, 3.8) is 0 Å². The standard InChI is InChI=1S/C20H26F4N4O2/c1-11-15(17(26)28-18(2,8-14(25)29)12-4-5-12)27-9-13(19(21)6-3-7-19)16(11)30-10-20(22,23)24/h9,12H,3-8,10H2,1-2H3,(H2,25,29)(H2,26,28). The van der Waals surface area contributed by atoms with Crippen LogP contribution >= 0.6 is 0 Å². The van der Waals surface area contributed by atoms with E-state index < -0.39 is 29.9 Å². The second kappa shape index (κ2) is 7.70. The van der Waals surface area contributed by atoms with E-state index in [0.29, 0.717) is 6.42 Å². The molecular formula is C20H26F4N4O2. The minimum absolute atomic E-state index is 0.00543. The summed E-state index contributed by atoms with van der Waals surface area (Å²) in [6.45, 7) is 1.68. The van der Waals surface area contributed by atoms with Crippen LogP contribution in [0.2, 0.25) is 0 Å². The number of rotatable bonds is 8. The Balaban J connectivity index is 2.01. The summed E-state index contributed by atoms with van der Waals surface area (Å²) in [5, 5.41) is 0. The van der Waals surface area contributed by atoms with Crippen LogP contribution in [0.25, 0.3) is 0 Å². The van der Waals surface area contributed by atoms with Crippen molar-refractivity contribution in [2.75, 3.05) is 6.61 Å². The van der Waals surface area contributed by atoms with E-state index in [1.807, 2.05) is 0 Å². The molecule has 10 heteroatoms. The smallest absolute Gasteiger partial charge is 0.422 e. The number of aliphatic imine (C=N–C) groups is 1. The molecule has 0 bridgehead atoms. The number of nitrogens with zero attached hydrogens (tertiary/aromatic N) is 2. The number of hydrogen-bond donors (Lipinski definition) is 2. The Bertz CT molecular complexity index is 863. The number of amides is 1. The van der Waals surface area contributed by atoms with Crippen LogP contribution in [0, 0.1) is 12.8 Å². The third-order valence-corrected chi connectivity index (χ3v) is 5.88. The van der Waals surface area contributed by atoms with Gasteiger partial charge < -0.3 is 16.2 Å². The zero-order valence-corrected chi connectivity index (χ0v) is 17.0. The number of alkyl halides is 4. The third-order valence-electron chi connectivity index (χ3n) is 5.88. The lowest BCUT2D eigenvalue weighted by molar-refractivity contribution is -0.154. The highest BCUT2D eigenvalue weighted by Crippen LogP contribution is 2.49. The molecule has 2 fully saturated rings. The number of primary amides is 1. The van der Waals surface area contributed by atoms with E-state index in [4.69, 9.17) is 16.2 Å². The highest BCUT2D eigenvalue weighted by Gasteiger charge is 2.44. The summed E-state index contributed by atoms with van der Waals surface area (Å²) < 4.78 is 58.4. The second-order valence-corrected chi connectivity index (χ2v) is 8.47. The first kappa shape index (κ1) is 22.3. The molecule has 1 unspecified atom stereocenters. The van der Waals surface area contributed by atoms with Crippen LogP contribution in [-0.4, -0.2) is 35.0 Å². The summed E-state index contributed by atoms with van der Waals surface area (Å²) in [5.74, 6) is -0.651.